The molecule has 0 spiro atoms. The number of ether oxygens (including phenoxy) is 2. The molecule has 0 aliphatic carbocycles. The Kier molecular flexibility index (Phi) is 5.76. The zero-order valence-electron chi connectivity index (χ0n) is 9.17. The van der Waals surface area contributed by atoms with E-state index in [1.807, 2.05) is 11.5 Å². The van der Waals surface area contributed by atoms with E-state index in [1.165, 1.54) is 21.6 Å². The fraction of sp³-hybridized carbons (Fsp3) is 0.600. The normalized spacial score (nSPS) is 18.8. The number of carbonyl (C=O) groups is 2. The van der Waals surface area contributed by atoms with Crippen molar-refractivity contribution < 1.29 is 19.1 Å². The highest BCUT2D eigenvalue weighted by molar-refractivity contribution is 8.78. The third-order valence-corrected chi connectivity index (χ3v) is 4.26. The Labute approximate surface area is 103 Å². The van der Waals surface area contributed by atoms with Gasteiger partial charge < -0.3 is 9.47 Å². The molecular weight excluding hydrogens is 248 g/mol. The maximum absolute atomic E-state index is 11.7. The predicted octanol–water partition coefficient (Wildman–Crippen LogP) is 2.01. The lowest BCUT2D eigenvalue weighted by Gasteiger charge is -2.17. The van der Waals surface area contributed by atoms with Gasteiger partial charge in [0.2, 0.25) is 0 Å². The van der Waals surface area contributed by atoms with Crippen LogP contribution in [0.4, 0.5) is 0 Å². The summed E-state index contributed by atoms with van der Waals surface area (Å²) >= 11 is 0. The lowest BCUT2D eigenvalue weighted by atomic mass is 10.1. The molecule has 1 aliphatic rings. The fourth-order valence-corrected chi connectivity index (χ4v) is 3.53. The van der Waals surface area contributed by atoms with Crippen LogP contribution in [-0.2, 0) is 19.1 Å². The van der Waals surface area contributed by atoms with E-state index in [-0.39, 0.29) is 18.5 Å². The summed E-state index contributed by atoms with van der Waals surface area (Å²) in [5.41, 5.74) is 0. The molecule has 1 rings (SSSR count). The molecule has 0 amide bonds. The molecule has 0 aromatic rings. The van der Waals surface area contributed by atoms with Crippen LogP contribution in [-0.4, -0.2) is 30.4 Å². The molecule has 1 aliphatic heterocycles. The maximum atomic E-state index is 11.7. The van der Waals surface area contributed by atoms with Crippen LogP contribution in [0, 0.1) is 5.92 Å². The average Bonchev–Trinajstić information content (AvgIpc) is 2.72. The van der Waals surface area contributed by atoms with Crippen molar-refractivity contribution in [2.24, 2.45) is 5.92 Å². The fourth-order valence-electron chi connectivity index (χ4n) is 1.23. The first-order chi connectivity index (χ1) is 7.70. The Hall–Kier alpha value is -0.620. The first-order valence-corrected chi connectivity index (χ1v) is 7.30. The number of hydrogen-bond acceptors (Lipinski definition) is 6. The van der Waals surface area contributed by atoms with E-state index < -0.39 is 17.9 Å². The van der Waals surface area contributed by atoms with Gasteiger partial charge in [-0.2, -0.15) is 0 Å². The number of carbonyl (C=O) groups excluding carboxylic acids is 2. The van der Waals surface area contributed by atoms with Gasteiger partial charge in [0.1, 0.15) is 0 Å². The van der Waals surface area contributed by atoms with Crippen molar-refractivity contribution in [1.82, 2.24) is 0 Å². The van der Waals surface area contributed by atoms with Crippen LogP contribution in [0.25, 0.3) is 0 Å². The van der Waals surface area contributed by atoms with Gasteiger partial charge in [-0.3, -0.25) is 9.59 Å². The Morgan fingerprint density at radius 3 is 2.19 bits per heavy atom. The summed E-state index contributed by atoms with van der Waals surface area (Å²) in [6.07, 6.45) is 1.83. The Morgan fingerprint density at radius 1 is 1.25 bits per heavy atom. The molecule has 90 valence electrons. The molecule has 1 unspecified atom stereocenters. The van der Waals surface area contributed by atoms with E-state index >= 15 is 0 Å². The van der Waals surface area contributed by atoms with Crippen molar-refractivity contribution in [2.45, 2.75) is 19.1 Å². The molecule has 0 saturated carbocycles. The van der Waals surface area contributed by atoms with E-state index in [2.05, 4.69) is 0 Å². The molecule has 0 bridgehead atoms. The molecule has 0 fully saturated rings. The minimum absolute atomic E-state index is 0.192. The highest BCUT2D eigenvalue weighted by Crippen LogP contribution is 2.40. The molecule has 0 N–H and O–H groups in total. The molecule has 0 saturated heterocycles. The van der Waals surface area contributed by atoms with Crippen LogP contribution in [0.2, 0.25) is 0 Å². The van der Waals surface area contributed by atoms with Crippen molar-refractivity contribution in [3.05, 3.63) is 11.5 Å². The molecule has 0 aromatic heterocycles. The Morgan fingerprint density at radius 2 is 1.81 bits per heavy atom. The number of rotatable bonds is 5. The lowest BCUT2D eigenvalue weighted by Crippen LogP contribution is -2.34. The van der Waals surface area contributed by atoms with Gasteiger partial charge in [0, 0.05) is 0 Å². The van der Waals surface area contributed by atoms with E-state index in [9.17, 15) is 9.59 Å². The van der Waals surface area contributed by atoms with E-state index in [0.717, 1.165) is 0 Å². The van der Waals surface area contributed by atoms with Crippen LogP contribution in [0.15, 0.2) is 11.5 Å². The topological polar surface area (TPSA) is 52.6 Å². The van der Waals surface area contributed by atoms with Crippen molar-refractivity contribution in [3.63, 3.8) is 0 Å². The highest BCUT2D eigenvalue weighted by Gasteiger charge is 2.38. The van der Waals surface area contributed by atoms with Gasteiger partial charge >= 0.3 is 11.9 Å². The molecule has 6 heteroatoms. The lowest BCUT2D eigenvalue weighted by molar-refractivity contribution is -0.161. The third-order valence-electron chi connectivity index (χ3n) is 1.90. The van der Waals surface area contributed by atoms with Gasteiger partial charge in [-0.05, 0) is 19.3 Å². The monoisotopic (exact) mass is 262 g/mol. The largest absolute Gasteiger partial charge is 0.465 e. The van der Waals surface area contributed by atoms with Crippen LogP contribution in [0.5, 0.6) is 0 Å². The van der Waals surface area contributed by atoms with E-state index in [0.29, 0.717) is 0 Å². The van der Waals surface area contributed by atoms with Crippen LogP contribution >= 0.6 is 21.6 Å². The van der Waals surface area contributed by atoms with Crippen LogP contribution in [0.1, 0.15) is 13.8 Å². The minimum atomic E-state index is -0.851. The van der Waals surface area contributed by atoms with E-state index in [1.54, 1.807) is 13.8 Å². The molecule has 0 radical (unpaired) electrons. The molecule has 4 nitrogen and oxygen atoms in total. The van der Waals surface area contributed by atoms with E-state index in [4.69, 9.17) is 9.47 Å². The molecular formula is C10H14O4S2. The Balaban J connectivity index is 2.71. The van der Waals surface area contributed by atoms with Crippen molar-refractivity contribution in [1.29, 1.82) is 0 Å². The number of hydrogen-bond donors (Lipinski definition) is 0. The molecule has 16 heavy (non-hydrogen) atoms. The number of esters is 2. The summed E-state index contributed by atoms with van der Waals surface area (Å²) in [7, 11) is 2.96. The van der Waals surface area contributed by atoms with Crippen molar-refractivity contribution >= 4 is 33.5 Å². The highest BCUT2D eigenvalue weighted by atomic mass is 33.1. The summed E-state index contributed by atoms with van der Waals surface area (Å²) in [6.45, 7) is 3.96. The summed E-state index contributed by atoms with van der Waals surface area (Å²) in [5, 5.41) is 1.67. The van der Waals surface area contributed by atoms with Gasteiger partial charge in [-0.25, -0.2) is 0 Å². The standard InChI is InChI=1S/C10H14O4S2/c1-3-13-9(11)8(10(12)14-4-2)7-5-6-15-16-7/h5-8H,3-4H2,1-2H3. The van der Waals surface area contributed by atoms with Gasteiger partial charge in [0.05, 0.1) is 18.5 Å². The molecule has 0 aromatic carbocycles. The summed E-state index contributed by atoms with van der Waals surface area (Å²) in [6, 6.07) is 0. The Bertz CT molecular complexity index is 273. The van der Waals surface area contributed by atoms with Gasteiger partial charge in [-0.15, -0.1) is 0 Å². The summed E-state index contributed by atoms with van der Waals surface area (Å²) < 4.78 is 9.78. The van der Waals surface area contributed by atoms with Gasteiger partial charge in [0.15, 0.2) is 5.92 Å². The minimum Gasteiger partial charge on any atom is -0.465 e. The quantitative estimate of drug-likeness (QED) is 0.429. The first kappa shape index (κ1) is 13.4. The van der Waals surface area contributed by atoms with Gasteiger partial charge in [-0.1, -0.05) is 27.7 Å². The predicted molar refractivity (Wildman–Crippen MR) is 64.9 cm³/mol. The van der Waals surface area contributed by atoms with Crippen molar-refractivity contribution in [2.75, 3.05) is 13.2 Å². The molecule has 1 heterocycles. The zero-order chi connectivity index (χ0) is 12.0. The van der Waals surface area contributed by atoms with Gasteiger partial charge in [0.25, 0.3) is 0 Å². The second kappa shape index (κ2) is 6.85. The summed E-state index contributed by atoms with van der Waals surface area (Å²) in [5.74, 6) is -1.87. The molecule has 1 atom stereocenters. The van der Waals surface area contributed by atoms with Crippen molar-refractivity contribution in [3.8, 4) is 0 Å². The SMILES string of the molecule is CCOC(=O)C(C(=O)OCC)C1C=CSS1. The van der Waals surface area contributed by atoms with Crippen LogP contribution < -0.4 is 0 Å². The van der Waals surface area contributed by atoms with Crippen LogP contribution in [0.3, 0.4) is 0 Å². The average molecular weight is 262 g/mol. The second-order valence-electron chi connectivity index (χ2n) is 2.97. The second-order valence-corrected chi connectivity index (χ2v) is 5.32. The third kappa shape index (κ3) is 3.45. The smallest absolute Gasteiger partial charge is 0.321 e. The zero-order valence-corrected chi connectivity index (χ0v) is 10.8. The summed E-state index contributed by atoms with van der Waals surface area (Å²) in [4.78, 5) is 23.3. The first-order valence-electron chi connectivity index (χ1n) is 5.02. The maximum Gasteiger partial charge on any atom is 0.321 e.